The number of hydrogen-bond donors (Lipinski definition) is 0. The first-order valence-corrected chi connectivity index (χ1v) is 10.6. The van der Waals surface area contributed by atoms with Crippen LogP contribution in [0.4, 0.5) is 0 Å². The van der Waals surface area contributed by atoms with Crippen molar-refractivity contribution in [2.24, 2.45) is 0 Å². The number of piperazine rings is 1. The van der Waals surface area contributed by atoms with Gasteiger partial charge in [0.1, 0.15) is 12.4 Å². The number of ether oxygens (including phenoxy) is 2. The van der Waals surface area contributed by atoms with Crippen molar-refractivity contribution in [2.75, 3.05) is 52.4 Å². The highest BCUT2D eigenvalue weighted by Crippen LogP contribution is 2.23. The molecule has 2 aliphatic heterocycles. The van der Waals surface area contributed by atoms with Gasteiger partial charge in [0, 0.05) is 45.8 Å². The van der Waals surface area contributed by atoms with Crippen LogP contribution in [-0.4, -0.2) is 91.3 Å². The van der Waals surface area contributed by atoms with E-state index >= 15 is 0 Å². The van der Waals surface area contributed by atoms with E-state index in [2.05, 4.69) is 9.80 Å². The van der Waals surface area contributed by atoms with Crippen molar-refractivity contribution < 1.29 is 14.3 Å². The molecule has 2 aliphatic rings. The Hall–Kier alpha value is -1.34. The zero-order valence-corrected chi connectivity index (χ0v) is 17.9. The van der Waals surface area contributed by atoms with Crippen molar-refractivity contribution in [1.82, 2.24) is 14.7 Å². The molecule has 28 heavy (non-hydrogen) atoms. The summed E-state index contributed by atoms with van der Waals surface area (Å²) >= 11 is 6.12. The lowest BCUT2D eigenvalue weighted by molar-refractivity contribution is -0.148. The second kappa shape index (κ2) is 9.92. The maximum atomic E-state index is 12.9. The lowest BCUT2D eigenvalue weighted by Gasteiger charge is -2.41. The standard InChI is InChI=1S/C21H32ClN3O3/c1-16-14-25(15-17(2)28-16)21(26)18(3)24-10-8-23(9-11-24)12-13-27-20-7-5-4-6-19(20)22/h4-7,16-18H,8-15H2,1-3H3. The highest BCUT2D eigenvalue weighted by molar-refractivity contribution is 6.32. The maximum Gasteiger partial charge on any atom is 0.239 e. The summed E-state index contributed by atoms with van der Waals surface area (Å²) in [6, 6.07) is 7.47. The molecule has 3 rings (SSSR count). The summed E-state index contributed by atoms with van der Waals surface area (Å²) in [5, 5.41) is 0.645. The summed E-state index contributed by atoms with van der Waals surface area (Å²) in [4.78, 5) is 19.5. The Morgan fingerprint density at radius 2 is 1.82 bits per heavy atom. The summed E-state index contributed by atoms with van der Waals surface area (Å²) in [5.74, 6) is 0.952. The van der Waals surface area contributed by atoms with Crippen molar-refractivity contribution >= 4 is 17.5 Å². The monoisotopic (exact) mass is 409 g/mol. The highest BCUT2D eigenvalue weighted by Gasteiger charge is 2.32. The summed E-state index contributed by atoms with van der Waals surface area (Å²) in [6.45, 7) is 12.6. The smallest absolute Gasteiger partial charge is 0.239 e. The zero-order valence-electron chi connectivity index (χ0n) is 17.1. The van der Waals surface area contributed by atoms with Crippen LogP contribution in [0, 0.1) is 0 Å². The van der Waals surface area contributed by atoms with Crippen molar-refractivity contribution in [3.8, 4) is 5.75 Å². The van der Waals surface area contributed by atoms with E-state index in [9.17, 15) is 4.79 Å². The summed E-state index contributed by atoms with van der Waals surface area (Å²) in [5.41, 5.74) is 0. The predicted molar refractivity (Wildman–Crippen MR) is 111 cm³/mol. The molecule has 0 spiro atoms. The lowest BCUT2D eigenvalue weighted by atomic mass is 10.1. The third-order valence-corrected chi connectivity index (χ3v) is 5.86. The minimum Gasteiger partial charge on any atom is -0.491 e. The summed E-state index contributed by atoms with van der Waals surface area (Å²) < 4.78 is 11.5. The number of halogens is 1. The van der Waals surface area contributed by atoms with E-state index in [0.29, 0.717) is 24.7 Å². The first-order chi connectivity index (χ1) is 13.4. The maximum absolute atomic E-state index is 12.9. The van der Waals surface area contributed by atoms with Gasteiger partial charge in [0.2, 0.25) is 5.91 Å². The molecule has 1 amide bonds. The molecule has 0 aliphatic carbocycles. The Labute approximate surface area is 173 Å². The Morgan fingerprint density at radius 3 is 2.46 bits per heavy atom. The van der Waals surface area contributed by atoms with Crippen molar-refractivity contribution in [1.29, 1.82) is 0 Å². The van der Waals surface area contributed by atoms with E-state index in [0.717, 1.165) is 38.5 Å². The van der Waals surface area contributed by atoms with Crippen LogP contribution in [0.2, 0.25) is 5.02 Å². The molecule has 0 radical (unpaired) electrons. The number of nitrogens with zero attached hydrogens (tertiary/aromatic N) is 3. The molecule has 0 saturated carbocycles. The van der Waals surface area contributed by atoms with Gasteiger partial charge in [-0.25, -0.2) is 0 Å². The molecule has 156 valence electrons. The van der Waals surface area contributed by atoms with Gasteiger partial charge < -0.3 is 14.4 Å². The van der Waals surface area contributed by atoms with Crippen LogP contribution in [0.3, 0.4) is 0 Å². The van der Waals surface area contributed by atoms with Gasteiger partial charge in [0.05, 0.1) is 23.3 Å². The molecule has 3 atom stereocenters. The molecular weight excluding hydrogens is 378 g/mol. The Kier molecular flexibility index (Phi) is 7.57. The molecule has 3 unspecified atom stereocenters. The third-order valence-electron chi connectivity index (χ3n) is 5.55. The molecule has 2 heterocycles. The van der Waals surface area contributed by atoms with Gasteiger partial charge in [-0.05, 0) is 32.9 Å². The SMILES string of the molecule is CC1CN(C(=O)C(C)N2CCN(CCOc3ccccc3Cl)CC2)CC(C)O1. The molecule has 0 aromatic heterocycles. The molecule has 2 fully saturated rings. The molecule has 0 N–H and O–H groups in total. The van der Waals surface area contributed by atoms with E-state index in [4.69, 9.17) is 21.1 Å². The van der Waals surface area contributed by atoms with E-state index in [1.165, 1.54) is 0 Å². The largest absolute Gasteiger partial charge is 0.491 e. The van der Waals surface area contributed by atoms with Gasteiger partial charge in [-0.15, -0.1) is 0 Å². The second-order valence-electron chi connectivity index (χ2n) is 7.83. The van der Waals surface area contributed by atoms with Gasteiger partial charge in [0.15, 0.2) is 0 Å². The summed E-state index contributed by atoms with van der Waals surface area (Å²) in [6.07, 6.45) is 0.213. The molecule has 6 nitrogen and oxygen atoms in total. The average molecular weight is 410 g/mol. The number of para-hydroxylation sites is 1. The fraction of sp³-hybridized carbons (Fsp3) is 0.667. The van der Waals surface area contributed by atoms with Crippen molar-refractivity contribution in [3.05, 3.63) is 29.3 Å². The van der Waals surface area contributed by atoms with E-state index in [-0.39, 0.29) is 24.2 Å². The Morgan fingerprint density at radius 1 is 1.18 bits per heavy atom. The van der Waals surface area contributed by atoms with Gasteiger partial charge in [-0.2, -0.15) is 0 Å². The van der Waals surface area contributed by atoms with Gasteiger partial charge >= 0.3 is 0 Å². The number of benzene rings is 1. The molecule has 1 aromatic carbocycles. The average Bonchev–Trinajstić information content (AvgIpc) is 2.68. The van der Waals surface area contributed by atoms with E-state index in [1.54, 1.807) is 0 Å². The topological polar surface area (TPSA) is 45.3 Å². The van der Waals surface area contributed by atoms with Gasteiger partial charge in [-0.3, -0.25) is 14.6 Å². The normalized spacial score (nSPS) is 25.5. The van der Waals surface area contributed by atoms with Crippen LogP contribution < -0.4 is 4.74 Å². The number of rotatable bonds is 6. The zero-order chi connectivity index (χ0) is 20.1. The first-order valence-electron chi connectivity index (χ1n) is 10.2. The number of carbonyl (C=O) groups excluding carboxylic acids is 1. The van der Waals surface area contributed by atoms with Crippen LogP contribution in [0.15, 0.2) is 24.3 Å². The minimum atomic E-state index is -0.0842. The fourth-order valence-electron chi connectivity index (χ4n) is 4.00. The van der Waals surface area contributed by atoms with Gasteiger partial charge in [0.25, 0.3) is 0 Å². The molecule has 0 bridgehead atoms. The van der Waals surface area contributed by atoms with Crippen molar-refractivity contribution in [2.45, 2.75) is 39.0 Å². The highest BCUT2D eigenvalue weighted by atomic mass is 35.5. The predicted octanol–water partition coefficient (Wildman–Crippen LogP) is 2.36. The molecule has 1 aromatic rings. The van der Waals surface area contributed by atoms with Crippen LogP contribution in [0.5, 0.6) is 5.75 Å². The number of morpholine rings is 1. The fourth-order valence-corrected chi connectivity index (χ4v) is 4.19. The van der Waals surface area contributed by atoms with Crippen LogP contribution in [0.1, 0.15) is 20.8 Å². The quantitative estimate of drug-likeness (QED) is 0.721. The van der Waals surface area contributed by atoms with Gasteiger partial charge in [-0.1, -0.05) is 23.7 Å². The number of carbonyl (C=O) groups is 1. The van der Waals surface area contributed by atoms with Crippen LogP contribution >= 0.6 is 11.6 Å². The number of hydrogen-bond acceptors (Lipinski definition) is 5. The van der Waals surface area contributed by atoms with E-state index in [1.807, 2.05) is 49.9 Å². The van der Waals surface area contributed by atoms with Crippen molar-refractivity contribution in [3.63, 3.8) is 0 Å². The third kappa shape index (κ3) is 5.60. The number of amides is 1. The van der Waals surface area contributed by atoms with E-state index < -0.39 is 0 Å². The Balaban J connectivity index is 1.40. The molecule has 7 heteroatoms. The molecular formula is C21H32ClN3O3. The first kappa shape index (κ1) is 21.4. The molecule has 2 saturated heterocycles. The van der Waals surface area contributed by atoms with Crippen LogP contribution in [0.25, 0.3) is 0 Å². The minimum absolute atomic E-state index is 0.0842. The van der Waals surface area contributed by atoms with Crippen LogP contribution in [-0.2, 0) is 9.53 Å². The Bertz CT molecular complexity index is 642. The lowest BCUT2D eigenvalue weighted by Crippen LogP contribution is -2.57. The summed E-state index contributed by atoms with van der Waals surface area (Å²) in [7, 11) is 0. The second-order valence-corrected chi connectivity index (χ2v) is 8.24.